The van der Waals surface area contributed by atoms with Crippen molar-refractivity contribution in [3.05, 3.63) is 21.6 Å². The molecule has 0 amide bonds. The lowest BCUT2D eigenvalue weighted by Gasteiger charge is -1.97. The van der Waals surface area contributed by atoms with Gasteiger partial charge in [0.05, 0.1) is 35.9 Å². The third-order valence-corrected chi connectivity index (χ3v) is 3.65. The van der Waals surface area contributed by atoms with E-state index in [4.69, 9.17) is 5.11 Å². The van der Waals surface area contributed by atoms with Crippen molar-refractivity contribution in [3.63, 3.8) is 0 Å². The lowest BCUT2D eigenvalue weighted by Crippen LogP contribution is -2.21. The third-order valence-electron chi connectivity index (χ3n) is 2.19. The van der Waals surface area contributed by atoms with Gasteiger partial charge in [-0.25, -0.2) is 8.42 Å². The normalized spacial score (nSPS) is 18.4. The largest absolute Gasteiger partial charge is 0.394 e. The molecule has 0 aliphatic carbocycles. The smallest absolute Gasteiger partial charge is 0.271 e. The van der Waals surface area contributed by atoms with Gasteiger partial charge in [-0.15, -0.1) is 0 Å². The van der Waals surface area contributed by atoms with E-state index in [9.17, 15) is 13.2 Å². The first-order valence-corrected chi connectivity index (χ1v) is 5.97. The second-order valence-corrected chi connectivity index (χ2v) is 5.35. The van der Waals surface area contributed by atoms with Gasteiger partial charge in [0.25, 0.3) is 5.56 Å². The zero-order chi connectivity index (χ0) is 10.3. The van der Waals surface area contributed by atoms with Gasteiger partial charge in [0.2, 0.25) is 0 Å². The monoisotopic (exact) mass is 218 g/mol. The van der Waals surface area contributed by atoms with Crippen molar-refractivity contribution in [2.75, 3.05) is 6.61 Å². The number of sulfone groups is 1. The molecule has 6 nitrogen and oxygen atoms in total. The number of aromatic amines is 1. The lowest BCUT2D eigenvalue weighted by molar-refractivity contribution is 0.267. The minimum atomic E-state index is -3.12. The van der Waals surface area contributed by atoms with Gasteiger partial charge in [0.1, 0.15) is 0 Å². The molecule has 0 spiro atoms. The average molecular weight is 218 g/mol. The van der Waals surface area contributed by atoms with Crippen LogP contribution < -0.4 is 5.56 Å². The summed E-state index contributed by atoms with van der Waals surface area (Å²) in [5.74, 6) is -0.286. The topological polar surface area (TPSA) is 92.2 Å². The van der Waals surface area contributed by atoms with Crippen molar-refractivity contribution in [1.29, 1.82) is 0 Å². The number of aliphatic hydroxyl groups is 1. The average Bonchev–Trinajstić information content (AvgIpc) is 2.50. The zero-order valence-corrected chi connectivity index (χ0v) is 8.17. The fraction of sp³-hybridized carbons (Fsp3) is 0.571. The summed E-state index contributed by atoms with van der Waals surface area (Å²) < 4.78 is 23.5. The van der Waals surface area contributed by atoms with Crippen LogP contribution in [0.15, 0.2) is 4.79 Å². The third kappa shape index (κ3) is 1.38. The van der Waals surface area contributed by atoms with Crippen molar-refractivity contribution in [2.45, 2.75) is 18.1 Å². The Hall–Kier alpha value is -1.08. The summed E-state index contributed by atoms with van der Waals surface area (Å²) in [6.07, 6.45) is 0. The molecule has 2 rings (SSSR count). The first kappa shape index (κ1) is 9.47. The molecule has 0 saturated heterocycles. The number of nitrogens with zero attached hydrogens (tertiary/aromatic N) is 1. The number of rotatable bonds is 2. The molecule has 1 aliphatic rings. The van der Waals surface area contributed by atoms with Gasteiger partial charge in [-0.05, 0) is 0 Å². The number of nitrogens with one attached hydrogen (secondary N) is 1. The van der Waals surface area contributed by atoms with Gasteiger partial charge in [0.15, 0.2) is 9.84 Å². The van der Waals surface area contributed by atoms with Crippen LogP contribution in [0, 0.1) is 0 Å². The highest BCUT2D eigenvalue weighted by atomic mass is 32.2. The van der Waals surface area contributed by atoms with Crippen LogP contribution in [0.2, 0.25) is 0 Å². The van der Waals surface area contributed by atoms with Gasteiger partial charge >= 0.3 is 0 Å². The van der Waals surface area contributed by atoms with Crippen LogP contribution in [0.25, 0.3) is 0 Å². The van der Waals surface area contributed by atoms with Gasteiger partial charge in [-0.1, -0.05) is 0 Å². The number of aliphatic hydroxyl groups excluding tert-OH is 1. The highest BCUT2D eigenvalue weighted by Gasteiger charge is 2.30. The highest BCUT2D eigenvalue weighted by molar-refractivity contribution is 7.90. The van der Waals surface area contributed by atoms with E-state index in [1.54, 1.807) is 0 Å². The Morgan fingerprint density at radius 1 is 1.43 bits per heavy atom. The van der Waals surface area contributed by atoms with Crippen molar-refractivity contribution in [3.8, 4) is 0 Å². The van der Waals surface area contributed by atoms with Crippen LogP contribution in [0.4, 0.5) is 0 Å². The predicted octanol–water partition coefficient (Wildman–Crippen LogP) is -1.40. The van der Waals surface area contributed by atoms with Crippen LogP contribution >= 0.6 is 0 Å². The predicted molar refractivity (Wildman–Crippen MR) is 48.5 cm³/mol. The molecule has 1 aromatic rings. The number of hydrogen-bond donors (Lipinski definition) is 2. The maximum absolute atomic E-state index is 11.5. The second kappa shape index (κ2) is 2.96. The van der Waals surface area contributed by atoms with E-state index in [0.717, 1.165) is 0 Å². The van der Waals surface area contributed by atoms with Gasteiger partial charge in [-0.3, -0.25) is 14.6 Å². The van der Waals surface area contributed by atoms with Crippen molar-refractivity contribution >= 4 is 9.84 Å². The molecular weight excluding hydrogens is 208 g/mol. The molecule has 0 radical (unpaired) electrons. The summed E-state index contributed by atoms with van der Waals surface area (Å²) in [6, 6.07) is 0. The molecule has 14 heavy (non-hydrogen) atoms. The van der Waals surface area contributed by atoms with E-state index in [2.05, 4.69) is 5.10 Å². The van der Waals surface area contributed by atoms with Crippen molar-refractivity contribution < 1.29 is 13.5 Å². The molecule has 0 bridgehead atoms. The molecule has 2 heterocycles. The van der Waals surface area contributed by atoms with Crippen LogP contribution in [-0.4, -0.2) is 29.9 Å². The summed E-state index contributed by atoms with van der Waals surface area (Å²) in [5, 5.41) is 11.3. The molecule has 0 fully saturated rings. The summed E-state index contributed by atoms with van der Waals surface area (Å²) in [7, 11) is -3.12. The Bertz CT molecular complexity index is 510. The van der Waals surface area contributed by atoms with E-state index in [1.165, 1.54) is 4.68 Å². The fourth-order valence-corrected chi connectivity index (χ4v) is 3.11. The Kier molecular flexibility index (Phi) is 2.00. The van der Waals surface area contributed by atoms with Crippen LogP contribution in [0.1, 0.15) is 11.3 Å². The molecule has 1 aromatic heterocycles. The van der Waals surface area contributed by atoms with E-state index in [-0.39, 0.29) is 30.2 Å². The maximum Gasteiger partial charge on any atom is 0.271 e. The molecule has 1 aliphatic heterocycles. The fourth-order valence-electron chi connectivity index (χ4n) is 1.59. The Morgan fingerprint density at radius 2 is 2.14 bits per heavy atom. The van der Waals surface area contributed by atoms with Crippen molar-refractivity contribution in [1.82, 2.24) is 9.78 Å². The Labute approximate surface area is 80.1 Å². The lowest BCUT2D eigenvalue weighted by atomic mass is 10.3. The Balaban J connectivity index is 2.46. The van der Waals surface area contributed by atoms with Crippen LogP contribution in [0.3, 0.4) is 0 Å². The first-order chi connectivity index (χ1) is 6.53. The van der Waals surface area contributed by atoms with Crippen LogP contribution in [0.5, 0.6) is 0 Å². The minimum absolute atomic E-state index is 0.101. The molecule has 0 unspecified atom stereocenters. The molecule has 7 heteroatoms. The number of hydrogen-bond acceptors (Lipinski definition) is 4. The van der Waals surface area contributed by atoms with Gasteiger partial charge < -0.3 is 5.11 Å². The van der Waals surface area contributed by atoms with E-state index in [1.807, 2.05) is 0 Å². The zero-order valence-electron chi connectivity index (χ0n) is 7.36. The number of H-pyrrole nitrogens is 1. The first-order valence-electron chi connectivity index (χ1n) is 4.15. The standard InChI is InChI=1S/C7H10N2O4S/c10-2-1-9-7(11)5-3-14(12,13)4-6(5)8-9/h8,10H,1-4H2. The molecule has 0 saturated carbocycles. The SMILES string of the molecule is O=c1c2c([nH]n1CCO)CS(=O)(=O)C2. The summed E-state index contributed by atoms with van der Waals surface area (Å²) in [4.78, 5) is 11.5. The molecular formula is C7H10N2O4S. The Morgan fingerprint density at radius 3 is 2.71 bits per heavy atom. The molecule has 0 aromatic carbocycles. The second-order valence-electron chi connectivity index (χ2n) is 3.28. The molecule has 2 N–H and O–H groups in total. The summed E-state index contributed by atoms with van der Waals surface area (Å²) in [6.45, 7) is 0.0257. The summed E-state index contributed by atoms with van der Waals surface area (Å²) in [5.41, 5.74) is 0.442. The number of fused-ring (bicyclic) bond motifs is 1. The quantitative estimate of drug-likeness (QED) is 0.638. The van der Waals surface area contributed by atoms with Gasteiger partial charge in [0, 0.05) is 0 Å². The highest BCUT2D eigenvalue weighted by Crippen LogP contribution is 2.19. The molecule has 0 atom stereocenters. The van der Waals surface area contributed by atoms with Crippen LogP contribution in [-0.2, 0) is 27.9 Å². The minimum Gasteiger partial charge on any atom is -0.394 e. The number of aromatic nitrogens is 2. The van der Waals surface area contributed by atoms with E-state index < -0.39 is 9.84 Å². The van der Waals surface area contributed by atoms with Gasteiger partial charge in [-0.2, -0.15) is 0 Å². The van der Waals surface area contributed by atoms with E-state index >= 15 is 0 Å². The van der Waals surface area contributed by atoms with Crippen molar-refractivity contribution in [2.24, 2.45) is 0 Å². The maximum atomic E-state index is 11.5. The van der Waals surface area contributed by atoms with E-state index in [0.29, 0.717) is 11.3 Å². The summed E-state index contributed by atoms with van der Waals surface area (Å²) >= 11 is 0. The molecule has 78 valence electrons.